The maximum atomic E-state index is 14.2. The molecule has 1 amide bonds. The molecule has 0 spiro atoms. The van der Waals surface area contributed by atoms with Gasteiger partial charge in [-0.25, -0.2) is 13.8 Å². The molecular weight excluding hydrogens is 472 g/mol. The summed E-state index contributed by atoms with van der Waals surface area (Å²) in [5.74, 6) is -0.675. The molecule has 1 aliphatic heterocycles. The standard InChI is InChI=1S/C29H27F2N5O/c1-18-28(33-27-14-21(10-12-35(18)27)29(37)34-11-2-3-24(32)17-34)26-13-20-6-9-23(31)15-25(20)36(26)16-19-4-7-22(30)8-5-19/h4-10,12-15,24H,2-3,11,16-17,32H2,1H3. The van der Waals surface area contributed by atoms with Gasteiger partial charge in [-0.3, -0.25) is 4.79 Å². The van der Waals surface area contributed by atoms with Crippen LogP contribution >= 0.6 is 0 Å². The third kappa shape index (κ3) is 4.27. The third-order valence-electron chi connectivity index (χ3n) is 7.22. The van der Waals surface area contributed by atoms with E-state index >= 15 is 0 Å². The Morgan fingerprint density at radius 1 is 1.05 bits per heavy atom. The Labute approximate surface area is 212 Å². The van der Waals surface area contributed by atoms with Gasteiger partial charge >= 0.3 is 0 Å². The molecule has 8 heteroatoms. The highest BCUT2D eigenvalue weighted by atomic mass is 19.1. The molecule has 0 aliphatic carbocycles. The van der Waals surface area contributed by atoms with Crippen molar-refractivity contribution in [2.45, 2.75) is 32.4 Å². The molecule has 37 heavy (non-hydrogen) atoms. The lowest BCUT2D eigenvalue weighted by Crippen LogP contribution is -2.45. The number of amides is 1. The second-order valence-corrected chi connectivity index (χ2v) is 9.79. The normalized spacial score (nSPS) is 16.1. The smallest absolute Gasteiger partial charge is 0.254 e. The number of benzene rings is 2. The highest BCUT2D eigenvalue weighted by Crippen LogP contribution is 2.32. The van der Waals surface area contributed by atoms with Crippen molar-refractivity contribution in [3.8, 4) is 11.4 Å². The molecule has 3 aromatic heterocycles. The minimum absolute atomic E-state index is 0.00886. The van der Waals surface area contributed by atoms with E-state index in [0.29, 0.717) is 30.8 Å². The molecule has 188 valence electrons. The number of aromatic nitrogens is 3. The van der Waals surface area contributed by atoms with Crippen molar-refractivity contribution in [3.63, 3.8) is 0 Å². The summed E-state index contributed by atoms with van der Waals surface area (Å²) in [5, 5.41) is 0.882. The van der Waals surface area contributed by atoms with Crippen LogP contribution in [0.15, 0.2) is 66.9 Å². The van der Waals surface area contributed by atoms with Gasteiger partial charge < -0.3 is 19.6 Å². The maximum absolute atomic E-state index is 14.2. The molecule has 1 fully saturated rings. The highest BCUT2D eigenvalue weighted by molar-refractivity contribution is 5.95. The molecule has 0 bridgehead atoms. The lowest BCUT2D eigenvalue weighted by molar-refractivity contribution is 0.0709. The molecule has 0 radical (unpaired) electrons. The van der Waals surface area contributed by atoms with E-state index in [1.54, 1.807) is 18.2 Å². The first-order chi connectivity index (χ1) is 17.9. The number of carbonyl (C=O) groups excluding carboxylic acids is 1. The first-order valence-electron chi connectivity index (χ1n) is 12.4. The predicted octanol–water partition coefficient (Wildman–Crippen LogP) is 5.15. The van der Waals surface area contributed by atoms with E-state index < -0.39 is 0 Å². The van der Waals surface area contributed by atoms with Crippen molar-refractivity contribution in [1.29, 1.82) is 0 Å². The Hall–Kier alpha value is -4.04. The second-order valence-electron chi connectivity index (χ2n) is 9.79. The van der Waals surface area contributed by atoms with E-state index in [1.165, 1.54) is 24.3 Å². The fourth-order valence-electron chi connectivity index (χ4n) is 5.29. The van der Waals surface area contributed by atoms with Crippen molar-refractivity contribution in [2.24, 2.45) is 5.73 Å². The average molecular weight is 500 g/mol. The summed E-state index contributed by atoms with van der Waals surface area (Å²) in [6, 6.07) is 16.6. The van der Waals surface area contributed by atoms with E-state index in [2.05, 4.69) is 0 Å². The summed E-state index contributed by atoms with van der Waals surface area (Å²) in [6.07, 6.45) is 3.70. The van der Waals surface area contributed by atoms with Crippen LogP contribution in [0.2, 0.25) is 0 Å². The number of fused-ring (bicyclic) bond motifs is 2. The van der Waals surface area contributed by atoms with Crippen molar-refractivity contribution in [1.82, 2.24) is 18.9 Å². The molecule has 2 N–H and O–H groups in total. The van der Waals surface area contributed by atoms with E-state index in [0.717, 1.165) is 46.4 Å². The molecular formula is C29H27F2N5O. The van der Waals surface area contributed by atoms with Gasteiger partial charge in [-0.2, -0.15) is 0 Å². The predicted molar refractivity (Wildman–Crippen MR) is 139 cm³/mol. The van der Waals surface area contributed by atoms with Gasteiger partial charge in [0.05, 0.1) is 11.2 Å². The number of aryl methyl sites for hydroxylation is 1. The maximum Gasteiger partial charge on any atom is 0.254 e. The van der Waals surface area contributed by atoms with E-state index in [1.807, 2.05) is 45.2 Å². The van der Waals surface area contributed by atoms with Gasteiger partial charge in [-0.1, -0.05) is 12.1 Å². The van der Waals surface area contributed by atoms with Gasteiger partial charge in [0.25, 0.3) is 5.91 Å². The number of nitrogens with zero attached hydrogens (tertiary/aromatic N) is 4. The lowest BCUT2D eigenvalue weighted by atomic mass is 10.1. The van der Waals surface area contributed by atoms with E-state index in [9.17, 15) is 13.6 Å². The SMILES string of the molecule is Cc1c(-c2cc3ccc(F)cc3n2Cc2ccc(F)cc2)nc2cc(C(=O)N3CCCC(N)C3)ccn12. The molecule has 1 unspecified atom stereocenters. The fraction of sp³-hybridized carbons (Fsp3) is 0.241. The van der Waals surface area contributed by atoms with Crippen molar-refractivity contribution >= 4 is 22.5 Å². The van der Waals surface area contributed by atoms with Gasteiger partial charge in [0, 0.05) is 48.5 Å². The van der Waals surface area contributed by atoms with Crippen LogP contribution in [0.4, 0.5) is 8.78 Å². The molecule has 1 aliphatic rings. The zero-order chi connectivity index (χ0) is 25.7. The van der Waals surface area contributed by atoms with Crippen molar-refractivity contribution in [3.05, 3.63) is 95.3 Å². The summed E-state index contributed by atoms with van der Waals surface area (Å²) >= 11 is 0. The molecule has 1 saturated heterocycles. The summed E-state index contributed by atoms with van der Waals surface area (Å²) in [4.78, 5) is 19.9. The van der Waals surface area contributed by atoms with Crippen LogP contribution in [0.3, 0.4) is 0 Å². The molecule has 6 nitrogen and oxygen atoms in total. The highest BCUT2D eigenvalue weighted by Gasteiger charge is 2.24. The molecule has 1 atom stereocenters. The van der Waals surface area contributed by atoms with Gasteiger partial charge in [-0.15, -0.1) is 0 Å². The summed E-state index contributed by atoms with van der Waals surface area (Å²) in [5.41, 5.74) is 11.4. The molecule has 4 heterocycles. The number of rotatable bonds is 4. The van der Waals surface area contributed by atoms with Crippen LogP contribution in [0.25, 0.3) is 27.9 Å². The number of likely N-dealkylation sites (tertiary alicyclic amines) is 1. The van der Waals surface area contributed by atoms with Gasteiger partial charge in [-0.05, 0) is 73.9 Å². The summed E-state index contributed by atoms with van der Waals surface area (Å²) in [6.45, 7) is 3.66. The number of hydrogen-bond donors (Lipinski definition) is 1. The van der Waals surface area contributed by atoms with Gasteiger partial charge in [0.2, 0.25) is 0 Å². The number of piperidine rings is 1. The third-order valence-corrected chi connectivity index (χ3v) is 7.22. The Bertz CT molecular complexity index is 1640. The van der Waals surface area contributed by atoms with Crippen LogP contribution in [-0.4, -0.2) is 43.9 Å². The van der Waals surface area contributed by atoms with Gasteiger partial charge in [0.1, 0.15) is 23.0 Å². The molecule has 2 aromatic carbocycles. The first kappa shape index (κ1) is 23.4. The summed E-state index contributed by atoms with van der Waals surface area (Å²) < 4.78 is 31.7. The van der Waals surface area contributed by atoms with Crippen LogP contribution in [0.5, 0.6) is 0 Å². The quantitative estimate of drug-likeness (QED) is 0.372. The number of nitrogens with two attached hydrogens (primary N) is 1. The minimum atomic E-state index is -0.329. The lowest BCUT2D eigenvalue weighted by Gasteiger charge is -2.30. The van der Waals surface area contributed by atoms with Crippen molar-refractivity contribution in [2.75, 3.05) is 13.1 Å². The number of carbonyl (C=O) groups is 1. The first-order valence-corrected chi connectivity index (χ1v) is 12.4. The molecule has 0 saturated carbocycles. The van der Waals surface area contributed by atoms with Gasteiger partial charge in [0.15, 0.2) is 0 Å². The molecule has 6 rings (SSSR count). The van der Waals surface area contributed by atoms with Crippen LogP contribution in [0.1, 0.15) is 34.5 Å². The number of imidazole rings is 1. The summed E-state index contributed by atoms with van der Waals surface area (Å²) in [7, 11) is 0. The Kier molecular flexibility index (Phi) is 5.76. The zero-order valence-electron chi connectivity index (χ0n) is 20.5. The van der Waals surface area contributed by atoms with Crippen LogP contribution in [-0.2, 0) is 6.54 Å². The largest absolute Gasteiger partial charge is 0.337 e. The topological polar surface area (TPSA) is 68.6 Å². The number of halogens is 2. The van der Waals surface area contributed by atoms with Crippen LogP contribution < -0.4 is 5.73 Å². The monoisotopic (exact) mass is 499 g/mol. The molecule has 5 aromatic rings. The van der Waals surface area contributed by atoms with E-state index in [4.69, 9.17) is 10.7 Å². The fourth-order valence-corrected chi connectivity index (χ4v) is 5.29. The Balaban J connectivity index is 1.44. The number of pyridine rings is 1. The van der Waals surface area contributed by atoms with Crippen LogP contribution in [0, 0.1) is 18.6 Å². The second kappa shape index (κ2) is 9.12. The average Bonchev–Trinajstić information content (AvgIpc) is 3.41. The Morgan fingerprint density at radius 2 is 1.84 bits per heavy atom. The Morgan fingerprint density at radius 3 is 2.62 bits per heavy atom. The number of hydrogen-bond acceptors (Lipinski definition) is 3. The van der Waals surface area contributed by atoms with Crippen molar-refractivity contribution < 1.29 is 13.6 Å². The van der Waals surface area contributed by atoms with E-state index in [-0.39, 0.29) is 23.6 Å². The minimum Gasteiger partial charge on any atom is -0.337 e. The zero-order valence-corrected chi connectivity index (χ0v) is 20.5.